The zero-order valence-corrected chi connectivity index (χ0v) is 24.0. The van der Waals surface area contributed by atoms with E-state index in [0.29, 0.717) is 35.1 Å². The number of alkyl halides is 3. The van der Waals surface area contributed by atoms with Gasteiger partial charge in [0.25, 0.3) is 11.8 Å². The maximum Gasteiger partial charge on any atom is 0.423 e. The number of fused-ring (bicyclic) bond motifs is 1. The van der Waals surface area contributed by atoms with Crippen LogP contribution in [0.5, 0.6) is 17.4 Å². The SMILES string of the molecule is COc1cc(C(=O)N[C@@H]2CCN(C)CC2OC)c(C)cc1Nc1ncc(C(F)(F)F)c(Oc2cccc3c2C(=O)NC3)n1. The molecule has 0 aliphatic carbocycles. The maximum absolute atomic E-state index is 13.9. The number of anilines is 2. The van der Waals surface area contributed by atoms with Crippen molar-refractivity contribution < 1.29 is 37.0 Å². The number of aryl methyl sites for hydroxylation is 1. The first-order valence-corrected chi connectivity index (χ1v) is 13.5. The Kier molecular flexibility index (Phi) is 8.42. The molecule has 2 aliphatic heterocycles. The Hall–Kier alpha value is -4.43. The van der Waals surface area contributed by atoms with E-state index in [0.717, 1.165) is 13.0 Å². The Labute approximate surface area is 245 Å². The molecule has 228 valence electrons. The van der Waals surface area contributed by atoms with Crippen molar-refractivity contribution in [2.24, 2.45) is 0 Å². The number of ether oxygens (including phenoxy) is 3. The van der Waals surface area contributed by atoms with Gasteiger partial charge in [-0.05, 0) is 56.3 Å². The average molecular weight is 601 g/mol. The minimum Gasteiger partial charge on any atom is -0.495 e. The van der Waals surface area contributed by atoms with Gasteiger partial charge in [-0.1, -0.05) is 12.1 Å². The quantitative estimate of drug-likeness (QED) is 0.351. The van der Waals surface area contributed by atoms with E-state index in [2.05, 4.69) is 30.8 Å². The fraction of sp³-hybridized carbons (Fsp3) is 0.379. The Morgan fingerprint density at radius 3 is 2.70 bits per heavy atom. The lowest BCUT2D eigenvalue weighted by Crippen LogP contribution is -2.53. The normalized spacial score (nSPS) is 18.5. The molecule has 0 bridgehead atoms. The topological polar surface area (TPSA) is 127 Å². The van der Waals surface area contributed by atoms with Gasteiger partial charge in [0.15, 0.2) is 0 Å². The van der Waals surface area contributed by atoms with Crippen LogP contribution in [-0.2, 0) is 17.5 Å². The summed E-state index contributed by atoms with van der Waals surface area (Å²) in [6.07, 6.45) is -3.66. The second-order valence-corrected chi connectivity index (χ2v) is 10.4. The van der Waals surface area contributed by atoms with E-state index >= 15 is 0 Å². The summed E-state index contributed by atoms with van der Waals surface area (Å²) in [5.41, 5.74) is 0.791. The highest BCUT2D eigenvalue weighted by Gasteiger charge is 2.37. The molecule has 0 saturated carbocycles. The molecule has 2 atom stereocenters. The Balaban J connectivity index is 1.42. The molecule has 2 amide bonds. The standard InChI is InChI=1S/C29H31F3N6O5/c1-15-10-20(22(41-3)11-17(15)25(39)35-19-8-9-38(2)14-23(19)42-4)36-28-34-13-18(29(30,31)32)27(37-28)43-21-7-5-6-16-12-33-26(40)24(16)21/h5-7,10-11,13,19,23H,8-9,12,14H2,1-4H3,(H,33,40)(H,35,39)(H,34,36,37)/t19-,23?/m1/s1. The lowest BCUT2D eigenvalue weighted by molar-refractivity contribution is -0.139. The van der Waals surface area contributed by atoms with Crippen molar-refractivity contribution in [1.29, 1.82) is 0 Å². The number of carbonyl (C=O) groups excluding carboxylic acids is 2. The molecule has 3 aromatic rings. The summed E-state index contributed by atoms with van der Waals surface area (Å²) in [5.74, 6) is -1.58. The zero-order chi connectivity index (χ0) is 30.9. The van der Waals surface area contributed by atoms with Crippen molar-refractivity contribution in [3.05, 3.63) is 64.3 Å². The number of benzene rings is 2. The fourth-order valence-corrected chi connectivity index (χ4v) is 5.17. The van der Waals surface area contributed by atoms with Gasteiger partial charge in [0.05, 0.1) is 30.5 Å². The smallest absolute Gasteiger partial charge is 0.423 e. The van der Waals surface area contributed by atoms with Crippen molar-refractivity contribution in [3.63, 3.8) is 0 Å². The Bertz CT molecular complexity index is 1550. The number of aromatic nitrogens is 2. The molecule has 1 saturated heterocycles. The number of piperidine rings is 1. The molecule has 11 nitrogen and oxygen atoms in total. The Morgan fingerprint density at radius 2 is 1.98 bits per heavy atom. The maximum atomic E-state index is 13.9. The first-order chi connectivity index (χ1) is 20.5. The van der Waals surface area contributed by atoms with E-state index in [9.17, 15) is 22.8 Å². The lowest BCUT2D eigenvalue weighted by atomic mass is 10.0. The number of halogens is 3. The van der Waals surface area contributed by atoms with Crippen LogP contribution in [0.15, 0.2) is 36.5 Å². The first kappa shape index (κ1) is 30.0. The highest BCUT2D eigenvalue weighted by atomic mass is 19.4. The number of rotatable bonds is 8. The summed E-state index contributed by atoms with van der Waals surface area (Å²) < 4.78 is 58.2. The molecular formula is C29H31F3N6O5. The number of methoxy groups -OCH3 is 2. The third-order valence-electron chi connectivity index (χ3n) is 7.46. The second-order valence-electron chi connectivity index (χ2n) is 10.4. The monoisotopic (exact) mass is 600 g/mol. The van der Waals surface area contributed by atoms with Gasteiger partial charge in [-0.15, -0.1) is 0 Å². The van der Waals surface area contributed by atoms with Gasteiger partial charge in [0, 0.05) is 32.0 Å². The third-order valence-corrected chi connectivity index (χ3v) is 7.46. The van der Waals surface area contributed by atoms with Gasteiger partial charge in [-0.25, -0.2) is 4.98 Å². The zero-order valence-electron chi connectivity index (χ0n) is 24.0. The van der Waals surface area contributed by atoms with Crippen LogP contribution in [0.4, 0.5) is 24.8 Å². The number of hydrogen-bond donors (Lipinski definition) is 3. The van der Waals surface area contributed by atoms with E-state index in [1.165, 1.54) is 19.2 Å². The van der Waals surface area contributed by atoms with Crippen LogP contribution < -0.4 is 25.4 Å². The highest BCUT2D eigenvalue weighted by Crippen LogP contribution is 2.39. The van der Waals surface area contributed by atoms with Crippen LogP contribution in [0.25, 0.3) is 0 Å². The van der Waals surface area contributed by atoms with Crippen LogP contribution >= 0.6 is 0 Å². The molecule has 14 heteroatoms. The summed E-state index contributed by atoms with van der Waals surface area (Å²) in [5, 5.41) is 8.54. The summed E-state index contributed by atoms with van der Waals surface area (Å²) in [7, 11) is 5.01. The summed E-state index contributed by atoms with van der Waals surface area (Å²) in [4.78, 5) is 35.5. The molecule has 2 aromatic carbocycles. The fourth-order valence-electron chi connectivity index (χ4n) is 5.17. The van der Waals surface area contributed by atoms with E-state index in [1.807, 2.05) is 7.05 Å². The third kappa shape index (κ3) is 6.34. The number of likely N-dealkylation sites (tertiary alicyclic amines) is 1. The predicted molar refractivity (Wildman–Crippen MR) is 150 cm³/mol. The van der Waals surface area contributed by atoms with Crippen molar-refractivity contribution in [2.45, 2.75) is 38.2 Å². The molecule has 0 radical (unpaired) electrons. The van der Waals surface area contributed by atoms with Crippen LogP contribution in [0.2, 0.25) is 0 Å². The van der Waals surface area contributed by atoms with Gasteiger partial charge in [-0.2, -0.15) is 18.2 Å². The average Bonchev–Trinajstić information content (AvgIpc) is 3.35. The van der Waals surface area contributed by atoms with Crippen LogP contribution in [0, 0.1) is 6.92 Å². The molecule has 3 N–H and O–H groups in total. The summed E-state index contributed by atoms with van der Waals surface area (Å²) in [6.45, 7) is 3.47. The molecule has 5 rings (SSSR count). The first-order valence-electron chi connectivity index (χ1n) is 13.5. The molecule has 0 spiro atoms. The molecule has 43 heavy (non-hydrogen) atoms. The lowest BCUT2D eigenvalue weighted by Gasteiger charge is -2.36. The Morgan fingerprint density at radius 1 is 1.19 bits per heavy atom. The number of nitrogens with zero attached hydrogens (tertiary/aromatic N) is 3. The van der Waals surface area contributed by atoms with Gasteiger partial charge < -0.3 is 35.1 Å². The van der Waals surface area contributed by atoms with Crippen molar-refractivity contribution in [1.82, 2.24) is 25.5 Å². The molecule has 2 aliphatic rings. The van der Waals surface area contributed by atoms with Crippen LogP contribution in [0.1, 0.15) is 43.8 Å². The number of hydrogen-bond acceptors (Lipinski definition) is 9. The van der Waals surface area contributed by atoms with E-state index in [1.54, 1.807) is 32.2 Å². The van der Waals surface area contributed by atoms with Gasteiger partial charge in [-0.3, -0.25) is 9.59 Å². The molecule has 3 heterocycles. The minimum absolute atomic E-state index is 0.0632. The van der Waals surface area contributed by atoms with Crippen LogP contribution in [-0.4, -0.2) is 73.2 Å². The van der Waals surface area contributed by atoms with Crippen LogP contribution in [0.3, 0.4) is 0 Å². The van der Waals surface area contributed by atoms with E-state index in [4.69, 9.17) is 14.2 Å². The minimum atomic E-state index is -4.83. The number of nitrogens with one attached hydrogen (secondary N) is 3. The van der Waals surface area contributed by atoms with E-state index in [-0.39, 0.29) is 47.6 Å². The molecule has 1 unspecified atom stereocenters. The number of likely N-dealkylation sites (N-methyl/N-ethyl adjacent to an activating group) is 1. The van der Waals surface area contributed by atoms with Gasteiger partial charge in [0.1, 0.15) is 17.1 Å². The van der Waals surface area contributed by atoms with Gasteiger partial charge >= 0.3 is 6.18 Å². The summed E-state index contributed by atoms with van der Waals surface area (Å²) >= 11 is 0. The van der Waals surface area contributed by atoms with Gasteiger partial charge in [0.2, 0.25) is 11.8 Å². The highest BCUT2D eigenvalue weighted by molar-refractivity contribution is 6.01. The largest absolute Gasteiger partial charge is 0.495 e. The number of amides is 2. The molecule has 1 aromatic heterocycles. The predicted octanol–water partition coefficient (Wildman–Crippen LogP) is 4.04. The summed E-state index contributed by atoms with van der Waals surface area (Å²) in [6, 6.07) is 7.64. The number of carbonyl (C=O) groups is 2. The second kappa shape index (κ2) is 12.1. The van der Waals surface area contributed by atoms with Crippen molar-refractivity contribution >= 4 is 23.5 Å². The molecule has 1 fully saturated rings. The van der Waals surface area contributed by atoms with Crippen molar-refractivity contribution in [3.8, 4) is 17.4 Å². The van der Waals surface area contributed by atoms with Crippen molar-refractivity contribution in [2.75, 3.05) is 39.7 Å². The molecular weight excluding hydrogens is 569 g/mol. The van der Waals surface area contributed by atoms with E-state index < -0.39 is 23.5 Å².